The van der Waals surface area contributed by atoms with Gasteiger partial charge in [-0.2, -0.15) is 5.10 Å². The Bertz CT molecular complexity index is 436. The molecule has 0 saturated heterocycles. The van der Waals surface area contributed by atoms with Crippen molar-refractivity contribution in [2.45, 2.75) is 32.6 Å². The molecule has 1 fully saturated rings. The zero-order valence-corrected chi connectivity index (χ0v) is 10.3. The highest BCUT2D eigenvalue weighted by atomic mass is 16.2. The Kier molecular flexibility index (Phi) is 3.41. The van der Waals surface area contributed by atoms with Crippen LogP contribution in [0, 0.1) is 11.8 Å². The number of hydrogen-bond acceptors (Lipinski definition) is 3. The van der Waals surface area contributed by atoms with Crippen molar-refractivity contribution < 1.29 is 9.59 Å². The van der Waals surface area contributed by atoms with E-state index in [1.54, 1.807) is 24.1 Å². The summed E-state index contributed by atoms with van der Waals surface area (Å²) in [6, 6.07) is 0. The van der Waals surface area contributed by atoms with Gasteiger partial charge in [-0.05, 0) is 18.8 Å². The lowest BCUT2D eigenvalue weighted by Gasteiger charge is -2.25. The molecule has 0 aromatic carbocycles. The van der Waals surface area contributed by atoms with E-state index in [0.717, 1.165) is 12.8 Å². The van der Waals surface area contributed by atoms with E-state index in [1.807, 2.05) is 0 Å². The zero-order valence-electron chi connectivity index (χ0n) is 10.3. The molecule has 1 aliphatic rings. The number of aryl methyl sites for hydroxylation is 1. The zero-order chi connectivity index (χ0) is 12.4. The Morgan fingerprint density at radius 3 is 2.94 bits per heavy atom. The van der Waals surface area contributed by atoms with Gasteiger partial charge in [0.25, 0.3) is 0 Å². The van der Waals surface area contributed by atoms with Gasteiger partial charge in [-0.3, -0.25) is 14.3 Å². The molecule has 92 valence electrons. The van der Waals surface area contributed by atoms with E-state index in [9.17, 15) is 9.59 Å². The minimum atomic E-state index is -0.433. The van der Waals surface area contributed by atoms with E-state index in [-0.39, 0.29) is 11.6 Å². The molecule has 1 heterocycles. The molecular weight excluding hydrogens is 216 g/mol. The highest BCUT2D eigenvalue weighted by Gasteiger charge is 2.33. The van der Waals surface area contributed by atoms with Crippen LogP contribution in [0.1, 0.15) is 43.0 Å². The van der Waals surface area contributed by atoms with Crippen molar-refractivity contribution in [3.63, 3.8) is 0 Å². The van der Waals surface area contributed by atoms with Gasteiger partial charge in [0.15, 0.2) is 5.78 Å². The lowest BCUT2D eigenvalue weighted by Crippen LogP contribution is -2.31. The van der Waals surface area contributed by atoms with Gasteiger partial charge in [-0.1, -0.05) is 13.3 Å². The second-order valence-corrected chi connectivity index (χ2v) is 4.83. The molecule has 0 spiro atoms. The first kappa shape index (κ1) is 12.0. The minimum Gasteiger partial charge on any atom is -0.299 e. The van der Waals surface area contributed by atoms with E-state index in [4.69, 9.17) is 0 Å². The quantitative estimate of drug-likeness (QED) is 0.593. The van der Waals surface area contributed by atoms with E-state index in [1.165, 1.54) is 0 Å². The normalized spacial score (nSPS) is 24.9. The minimum absolute atomic E-state index is 0.0544. The Hall–Kier alpha value is -1.45. The summed E-state index contributed by atoms with van der Waals surface area (Å²) in [7, 11) is 1.77. The average Bonchev–Trinajstić information content (AvgIpc) is 2.76. The van der Waals surface area contributed by atoms with Gasteiger partial charge >= 0.3 is 0 Å². The number of ketones is 2. The van der Waals surface area contributed by atoms with Crippen LogP contribution in [0.25, 0.3) is 0 Å². The second-order valence-electron chi connectivity index (χ2n) is 4.83. The molecule has 1 saturated carbocycles. The lowest BCUT2D eigenvalue weighted by atomic mass is 9.76. The number of carbonyl (C=O) groups is 2. The molecule has 4 heteroatoms. The van der Waals surface area contributed by atoms with Gasteiger partial charge in [-0.15, -0.1) is 0 Å². The van der Waals surface area contributed by atoms with E-state index in [0.29, 0.717) is 24.3 Å². The number of Topliss-reactive ketones (excluding diaryl/α,β-unsaturated/α-hetero) is 2. The molecule has 0 bridgehead atoms. The summed E-state index contributed by atoms with van der Waals surface area (Å²) in [6.45, 7) is 2.12. The van der Waals surface area contributed by atoms with Gasteiger partial charge in [0, 0.05) is 19.7 Å². The van der Waals surface area contributed by atoms with Crippen LogP contribution in [0.5, 0.6) is 0 Å². The van der Waals surface area contributed by atoms with Crippen molar-refractivity contribution in [3.8, 4) is 0 Å². The molecule has 0 amide bonds. The van der Waals surface area contributed by atoms with Crippen LogP contribution in [0.3, 0.4) is 0 Å². The third-order valence-electron chi connectivity index (χ3n) is 3.64. The van der Waals surface area contributed by atoms with Crippen LogP contribution in [-0.2, 0) is 11.8 Å². The van der Waals surface area contributed by atoms with Gasteiger partial charge in [0.05, 0.1) is 17.7 Å². The topological polar surface area (TPSA) is 52.0 Å². The molecule has 1 aromatic heterocycles. The molecule has 1 aromatic rings. The first-order valence-corrected chi connectivity index (χ1v) is 6.17. The number of carbonyl (C=O) groups excluding carboxylic acids is 2. The summed E-state index contributed by atoms with van der Waals surface area (Å²) in [5.74, 6) is 0.126. The van der Waals surface area contributed by atoms with Gasteiger partial charge < -0.3 is 0 Å². The van der Waals surface area contributed by atoms with Gasteiger partial charge in [-0.25, -0.2) is 0 Å². The standard InChI is InChI=1S/C13H18N2O2/c1-3-9-4-5-12(16)11(6-9)13(17)10-7-14-15(2)8-10/h7-9,11H,3-6H2,1-2H3. The Morgan fingerprint density at radius 2 is 2.35 bits per heavy atom. The highest BCUT2D eigenvalue weighted by molar-refractivity contribution is 6.10. The Labute approximate surface area is 101 Å². The summed E-state index contributed by atoms with van der Waals surface area (Å²) in [6.07, 6.45) is 6.48. The molecule has 2 atom stereocenters. The van der Waals surface area contributed by atoms with Crippen molar-refractivity contribution in [1.82, 2.24) is 9.78 Å². The van der Waals surface area contributed by atoms with Gasteiger partial charge in [0.2, 0.25) is 0 Å². The Morgan fingerprint density at radius 1 is 1.59 bits per heavy atom. The molecule has 0 N–H and O–H groups in total. The van der Waals surface area contributed by atoms with Crippen molar-refractivity contribution in [2.75, 3.05) is 0 Å². The summed E-state index contributed by atoms with van der Waals surface area (Å²) in [5, 5.41) is 3.98. The summed E-state index contributed by atoms with van der Waals surface area (Å²) >= 11 is 0. The summed E-state index contributed by atoms with van der Waals surface area (Å²) < 4.78 is 1.60. The van der Waals surface area contributed by atoms with Crippen molar-refractivity contribution >= 4 is 11.6 Å². The van der Waals surface area contributed by atoms with Gasteiger partial charge in [0.1, 0.15) is 5.78 Å². The van der Waals surface area contributed by atoms with Crippen LogP contribution in [-0.4, -0.2) is 21.3 Å². The molecular formula is C13H18N2O2. The Balaban J connectivity index is 2.14. The fourth-order valence-corrected chi connectivity index (χ4v) is 2.48. The van der Waals surface area contributed by atoms with Crippen LogP contribution in [0.2, 0.25) is 0 Å². The largest absolute Gasteiger partial charge is 0.299 e. The van der Waals surface area contributed by atoms with Crippen LogP contribution in [0.15, 0.2) is 12.4 Å². The predicted molar refractivity (Wildman–Crippen MR) is 63.7 cm³/mol. The monoisotopic (exact) mass is 234 g/mol. The van der Waals surface area contributed by atoms with Crippen LogP contribution >= 0.6 is 0 Å². The molecule has 2 unspecified atom stereocenters. The molecule has 1 aliphatic carbocycles. The number of aromatic nitrogens is 2. The number of hydrogen-bond donors (Lipinski definition) is 0. The van der Waals surface area contributed by atoms with Crippen molar-refractivity contribution in [2.24, 2.45) is 18.9 Å². The van der Waals surface area contributed by atoms with Crippen molar-refractivity contribution in [1.29, 1.82) is 0 Å². The number of rotatable bonds is 3. The average molecular weight is 234 g/mol. The van der Waals surface area contributed by atoms with E-state index >= 15 is 0 Å². The van der Waals surface area contributed by atoms with Crippen LogP contribution in [0.4, 0.5) is 0 Å². The lowest BCUT2D eigenvalue weighted by molar-refractivity contribution is -0.123. The molecule has 17 heavy (non-hydrogen) atoms. The maximum atomic E-state index is 12.2. The molecule has 4 nitrogen and oxygen atoms in total. The van der Waals surface area contributed by atoms with E-state index < -0.39 is 5.92 Å². The van der Waals surface area contributed by atoms with E-state index in [2.05, 4.69) is 12.0 Å². The molecule has 0 aliphatic heterocycles. The second kappa shape index (κ2) is 4.82. The first-order valence-electron chi connectivity index (χ1n) is 6.17. The third kappa shape index (κ3) is 2.46. The fraction of sp³-hybridized carbons (Fsp3) is 0.615. The molecule has 0 radical (unpaired) electrons. The summed E-state index contributed by atoms with van der Waals surface area (Å²) in [5.41, 5.74) is 0.558. The SMILES string of the molecule is CCC1CCC(=O)C(C(=O)c2cnn(C)c2)C1. The maximum Gasteiger partial charge on any atom is 0.176 e. The first-order chi connectivity index (χ1) is 8.11. The van der Waals surface area contributed by atoms with Crippen molar-refractivity contribution in [3.05, 3.63) is 18.0 Å². The maximum absolute atomic E-state index is 12.2. The smallest absolute Gasteiger partial charge is 0.176 e. The fourth-order valence-electron chi connectivity index (χ4n) is 2.48. The third-order valence-corrected chi connectivity index (χ3v) is 3.64. The predicted octanol–water partition coefficient (Wildman–Crippen LogP) is 2.00. The summed E-state index contributed by atoms with van der Waals surface area (Å²) in [4.78, 5) is 24.0. The number of nitrogens with zero attached hydrogens (tertiary/aromatic N) is 2. The highest BCUT2D eigenvalue weighted by Crippen LogP contribution is 2.30. The van der Waals surface area contributed by atoms with Crippen LogP contribution < -0.4 is 0 Å². The molecule has 2 rings (SSSR count).